The molecule has 2 N–H and O–H groups in total. The number of primary sulfonamides is 1. The van der Waals surface area contributed by atoms with Gasteiger partial charge >= 0.3 is 0 Å². The fourth-order valence-corrected chi connectivity index (χ4v) is 5.77. The quantitative estimate of drug-likeness (QED) is 0.307. The van der Waals surface area contributed by atoms with E-state index in [1.807, 2.05) is 67.8 Å². The number of nitrogens with two attached hydrogens (primary N) is 1. The molecule has 1 heterocycles. The van der Waals surface area contributed by atoms with Gasteiger partial charge in [0.05, 0.1) is 12.0 Å². The van der Waals surface area contributed by atoms with Crippen LogP contribution in [0.4, 0.5) is 8.78 Å². The Morgan fingerprint density at radius 2 is 1.88 bits per heavy atom. The van der Waals surface area contributed by atoms with Crippen LogP contribution in [0.2, 0.25) is 0 Å². The van der Waals surface area contributed by atoms with Crippen LogP contribution in [0.5, 0.6) is 0 Å². The Hall–Kier alpha value is 1.92. The summed E-state index contributed by atoms with van der Waals surface area (Å²) in [5.74, 6) is 0. The minimum absolute atomic E-state index is 0.0873. The largest absolute Gasteiger partial charge is 0.279 e. The standard InChI is InChI=1S/C6H9F2I3N2O2S/c7-4(8)3(5(9)10)13-1-2(6(13)11)16(12,14)15/h2-6H,1H2,(H2,12,14,15). The molecule has 0 spiro atoms. The van der Waals surface area contributed by atoms with E-state index in [0.29, 0.717) is 0 Å². The van der Waals surface area contributed by atoms with E-state index in [-0.39, 0.29) is 8.48 Å². The summed E-state index contributed by atoms with van der Waals surface area (Å²) in [6.45, 7) is 0.0873. The van der Waals surface area contributed by atoms with Crippen molar-refractivity contribution in [3.63, 3.8) is 0 Å². The lowest BCUT2D eigenvalue weighted by molar-refractivity contribution is 0.00300. The summed E-state index contributed by atoms with van der Waals surface area (Å²) >= 11 is 5.67. The highest BCUT2D eigenvalue weighted by Crippen LogP contribution is 2.36. The molecular weight excluding hydrogens is 583 g/mol. The monoisotopic (exact) mass is 592 g/mol. The number of hydrogen-bond donors (Lipinski definition) is 1. The lowest BCUT2D eigenvalue weighted by Crippen LogP contribution is -2.67. The fourth-order valence-electron chi connectivity index (χ4n) is 1.42. The third-order valence-electron chi connectivity index (χ3n) is 2.34. The Labute approximate surface area is 134 Å². The van der Waals surface area contributed by atoms with Gasteiger partial charge in [0.25, 0.3) is 6.43 Å². The van der Waals surface area contributed by atoms with E-state index in [0.717, 1.165) is 0 Å². The molecule has 96 valence electrons. The lowest BCUT2D eigenvalue weighted by atomic mass is 10.1. The predicted molar refractivity (Wildman–Crippen MR) is 83.0 cm³/mol. The van der Waals surface area contributed by atoms with Crippen LogP contribution in [0.15, 0.2) is 0 Å². The highest BCUT2D eigenvalue weighted by molar-refractivity contribution is 14.2. The molecule has 0 bridgehead atoms. The summed E-state index contributed by atoms with van der Waals surface area (Å²) in [5.41, 5.74) is 0. The zero-order valence-corrected chi connectivity index (χ0v) is 15.0. The molecule has 3 unspecified atom stereocenters. The smallest absolute Gasteiger partial charge is 0.255 e. The SMILES string of the molecule is NS(=O)(=O)C1CN(C(C(F)F)C(I)I)C1I. The van der Waals surface area contributed by atoms with E-state index in [1.165, 1.54) is 4.90 Å². The average molecular weight is 592 g/mol. The third kappa shape index (κ3) is 3.48. The first kappa shape index (κ1) is 16.0. The maximum absolute atomic E-state index is 12.8. The topological polar surface area (TPSA) is 63.4 Å². The molecule has 10 heteroatoms. The second kappa shape index (κ2) is 5.92. The van der Waals surface area contributed by atoms with Crippen LogP contribution in [0, 0.1) is 0 Å². The predicted octanol–water partition coefficient (Wildman–Crippen LogP) is 1.55. The number of hydrogen-bond acceptors (Lipinski definition) is 3. The van der Waals surface area contributed by atoms with Gasteiger partial charge in [-0.05, 0) is 0 Å². The van der Waals surface area contributed by atoms with Gasteiger partial charge in [-0.1, -0.05) is 67.8 Å². The first-order valence-electron chi connectivity index (χ1n) is 4.14. The zero-order chi connectivity index (χ0) is 12.7. The second-order valence-electron chi connectivity index (χ2n) is 3.36. The van der Waals surface area contributed by atoms with Gasteiger partial charge < -0.3 is 0 Å². The summed E-state index contributed by atoms with van der Waals surface area (Å²) < 4.78 is 47.0. The molecule has 0 saturated carbocycles. The number of alkyl halides is 5. The maximum Gasteiger partial charge on any atom is 0.255 e. The van der Waals surface area contributed by atoms with Gasteiger partial charge in [0.2, 0.25) is 10.0 Å². The number of rotatable bonds is 4. The number of likely N-dealkylation sites (tertiary alicyclic amines) is 1. The number of nitrogens with zero attached hydrogens (tertiary/aromatic N) is 1. The van der Waals surface area contributed by atoms with Crippen molar-refractivity contribution < 1.29 is 17.2 Å². The molecule has 1 fully saturated rings. The fraction of sp³-hybridized carbons (Fsp3) is 1.00. The number of halogens is 5. The van der Waals surface area contributed by atoms with Crippen molar-refractivity contribution >= 4 is 77.8 Å². The number of sulfonamides is 1. The van der Waals surface area contributed by atoms with Gasteiger partial charge in [0.15, 0.2) is 0 Å². The lowest BCUT2D eigenvalue weighted by Gasteiger charge is -2.48. The van der Waals surface area contributed by atoms with Gasteiger partial charge in [0, 0.05) is 6.54 Å². The summed E-state index contributed by atoms with van der Waals surface area (Å²) in [6.07, 6.45) is -2.49. The van der Waals surface area contributed by atoms with E-state index < -0.39 is 31.8 Å². The summed E-state index contributed by atoms with van der Waals surface area (Å²) in [7, 11) is -3.63. The second-order valence-corrected chi connectivity index (χ2v) is 11.5. The molecule has 0 aromatic rings. The molecule has 0 aromatic carbocycles. The Kier molecular flexibility index (Phi) is 5.91. The van der Waals surface area contributed by atoms with Crippen LogP contribution in [0.25, 0.3) is 0 Å². The molecule has 1 aliphatic heterocycles. The summed E-state index contributed by atoms with van der Waals surface area (Å²) in [4.78, 5) is 1.49. The summed E-state index contributed by atoms with van der Waals surface area (Å²) in [5, 5.41) is 4.26. The zero-order valence-electron chi connectivity index (χ0n) is 7.73. The molecule has 1 aliphatic rings. The van der Waals surface area contributed by atoms with E-state index in [2.05, 4.69) is 0 Å². The first-order chi connectivity index (χ1) is 7.16. The van der Waals surface area contributed by atoms with Gasteiger partial charge in [0.1, 0.15) is 5.25 Å². The minimum Gasteiger partial charge on any atom is -0.279 e. The Morgan fingerprint density at radius 3 is 2.12 bits per heavy atom. The van der Waals surface area contributed by atoms with Crippen LogP contribution in [-0.4, -0.2) is 43.6 Å². The molecule has 4 nitrogen and oxygen atoms in total. The van der Waals surface area contributed by atoms with Crippen LogP contribution < -0.4 is 5.14 Å². The van der Waals surface area contributed by atoms with Crippen molar-refractivity contribution in [3.05, 3.63) is 0 Å². The van der Waals surface area contributed by atoms with Crippen molar-refractivity contribution in [1.29, 1.82) is 0 Å². The van der Waals surface area contributed by atoms with Crippen molar-refractivity contribution in [2.24, 2.45) is 5.14 Å². The van der Waals surface area contributed by atoms with Gasteiger partial charge in [-0.2, -0.15) is 0 Å². The molecule has 16 heavy (non-hydrogen) atoms. The highest BCUT2D eigenvalue weighted by atomic mass is 127. The third-order valence-corrected chi connectivity index (χ3v) is 7.13. The van der Waals surface area contributed by atoms with Crippen molar-refractivity contribution in [3.8, 4) is 0 Å². The highest BCUT2D eigenvalue weighted by Gasteiger charge is 2.50. The van der Waals surface area contributed by atoms with Gasteiger partial charge in [-0.15, -0.1) is 0 Å². The Morgan fingerprint density at radius 1 is 1.38 bits per heavy atom. The van der Waals surface area contributed by atoms with Crippen LogP contribution >= 0.6 is 67.8 Å². The van der Waals surface area contributed by atoms with E-state index in [9.17, 15) is 17.2 Å². The van der Waals surface area contributed by atoms with Crippen molar-refractivity contribution in [1.82, 2.24) is 4.90 Å². The normalized spacial score (nSPS) is 29.5. The Bertz CT molecular complexity index is 346. The van der Waals surface area contributed by atoms with Crippen LogP contribution in [0.3, 0.4) is 0 Å². The van der Waals surface area contributed by atoms with Crippen LogP contribution in [0.1, 0.15) is 0 Å². The molecule has 0 aromatic heterocycles. The van der Waals surface area contributed by atoms with Gasteiger partial charge in [-0.25, -0.2) is 22.3 Å². The molecule has 0 amide bonds. The first-order valence-corrected chi connectivity index (χ1v) is 9.48. The van der Waals surface area contributed by atoms with E-state index in [4.69, 9.17) is 5.14 Å². The van der Waals surface area contributed by atoms with Gasteiger partial charge in [-0.3, -0.25) is 4.90 Å². The van der Waals surface area contributed by atoms with E-state index >= 15 is 0 Å². The average Bonchev–Trinajstić information content (AvgIpc) is 2.06. The van der Waals surface area contributed by atoms with E-state index in [1.54, 1.807) is 0 Å². The molecule has 1 rings (SSSR count). The molecular formula is C6H9F2I3N2O2S. The minimum atomic E-state index is -3.63. The molecule has 0 radical (unpaired) electrons. The summed E-state index contributed by atoms with van der Waals surface area (Å²) in [6, 6.07) is -0.930. The van der Waals surface area contributed by atoms with Crippen LogP contribution in [-0.2, 0) is 10.0 Å². The molecule has 3 atom stereocenters. The van der Waals surface area contributed by atoms with Crippen molar-refractivity contribution in [2.75, 3.05) is 6.54 Å². The molecule has 0 aliphatic carbocycles. The Balaban J connectivity index is 2.73. The van der Waals surface area contributed by atoms with Crippen molar-refractivity contribution in [2.45, 2.75) is 23.7 Å². The molecule has 1 saturated heterocycles. The maximum atomic E-state index is 12.8.